The van der Waals surface area contributed by atoms with Crippen LogP contribution in [0.4, 0.5) is 0 Å². The molecule has 3 atom stereocenters. The van der Waals surface area contributed by atoms with Crippen LogP contribution in [-0.4, -0.2) is 35.8 Å². The zero-order valence-electron chi connectivity index (χ0n) is 13.6. The van der Waals surface area contributed by atoms with E-state index in [2.05, 4.69) is 37.8 Å². The third kappa shape index (κ3) is 4.38. The standard InChI is InChI=1S/C17H33NOS/c1-4-14(3)20-13-16(18-5-2)15-8-11-19-17(12-15)9-6-7-10-17/h14-16,18H,4-13H2,1-3H3. The van der Waals surface area contributed by atoms with Crippen LogP contribution < -0.4 is 5.32 Å². The average molecular weight is 300 g/mol. The Balaban J connectivity index is 1.90. The minimum atomic E-state index is 0.262. The van der Waals surface area contributed by atoms with Gasteiger partial charge < -0.3 is 10.1 Å². The van der Waals surface area contributed by atoms with Crippen LogP contribution in [0.1, 0.15) is 65.7 Å². The van der Waals surface area contributed by atoms with Gasteiger partial charge in [0.1, 0.15) is 0 Å². The smallest absolute Gasteiger partial charge is 0.0685 e. The summed E-state index contributed by atoms with van der Waals surface area (Å²) in [6, 6.07) is 0.681. The second-order valence-electron chi connectivity index (χ2n) is 6.71. The summed E-state index contributed by atoms with van der Waals surface area (Å²) in [6.07, 6.45) is 9.19. The lowest BCUT2D eigenvalue weighted by Crippen LogP contribution is -2.47. The Morgan fingerprint density at radius 3 is 2.70 bits per heavy atom. The van der Waals surface area contributed by atoms with Crippen molar-refractivity contribution in [3.05, 3.63) is 0 Å². The summed E-state index contributed by atoms with van der Waals surface area (Å²) < 4.78 is 6.20. The molecule has 2 rings (SSSR count). The lowest BCUT2D eigenvalue weighted by Gasteiger charge is -2.41. The van der Waals surface area contributed by atoms with E-state index in [1.165, 1.54) is 50.7 Å². The molecule has 1 saturated carbocycles. The van der Waals surface area contributed by atoms with Crippen LogP contribution in [0.25, 0.3) is 0 Å². The largest absolute Gasteiger partial charge is 0.375 e. The first-order valence-corrected chi connectivity index (χ1v) is 9.73. The van der Waals surface area contributed by atoms with Crippen molar-refractivity contribution in [1.29, 1.82) is 0 Å². The lowest BCUT2D eigenvalue weighted by atomic mass is 9.81. The molecular formula is C17H33NOS. The minimum Gasteiger partial charge on any atom is -0.375 e. The summed E-state index contributed by atoms with van der Waals surface area (Å²) >= 11 is 2.15. The Kier molecular flexibility index (Phi) is 6.70. The fourth-order valence-electron chi connectivity index (χ4n) is 3.79. The van der Waals surface area contributed by atoms with Gasteiger partial charge in [0.25, 0.3) is 0 Å². The van der Waals surface area contributed by atoms with Gasteiger partial charge in [0.05, 0.1) is 5.60 Å². The highest BCUT2D eigenvalue weighted by Crippen LogP contribution is 2.43. The van der Waals surface area contributed by atoms with Gasteiger partial charge in [-0.3, -0.25) is 0 Å². The van der Waals surface area contributed by atoms with Crippen LogP contribution in [0.5, 0.6) is 0 Å². The van der Waals surface area contributed by atoms with Crippen molar-refractivity contribution in [2.45, 2.75) is 82.6 Å². The third-order valence-corrected chi connectivity index (χ3v) is 6.67. The van der Waals surface area contributed by atoms with Gasteiger partial charge in [0, 0.05) is 23.7 Å². The molecule has 118 valence electrons. The Hall–Kier alpha value is 0.270. The van der Waals surface area contributed by atoms with E-state index in [1.807, 2.05) is 0 Å². The molecule has 2 aliphatic rings. The summed E-state index contributed by atoms with van der Waals surface area (Å²) in [5.74, 6) is 2.09. The number of rotatable bonds is 7. The second kappa shape index (κ2) is 8.05. The Morgan fingerprint density at radius 1 is 1.30 bits per heavy atom. The average Bonchev–Trinajstić information content (AvgIpc) is 2.90. The molecule has 0 amide bonds. The molecule has 3 heteroatoms. The molecule has 1 aliphatic heterocycles. The van der Waals surface area contributed by atoms with E-state index in [-0.39, 0.29) is 5.60 Å². The summed E-state index contributed by atoms with van der Waals surface area (Å²) in [5.41, 5.74) is 0.262. The van der Waals surface area contributed by atoms with Gasteiger partial charge in [0.15, 0.2) is 0 Å². The van der Waals surface area contributed by atoms with Crippen molar-refractivity contribution in [2.75, 3.05) is 18.9 Å². The van der Waals surface area contributed by atoms with Crippen molar-refractivity contribution in [2.24, 2.45) is 5.92 Å². The first kappa shape index (κ1) is 16.6. The molecule has 0 bridgehead atoms. The van der Waals surface area contributed by atoms with Crippen LogP contribution in [0.2, 0.25) is 0 Å². The van der Waals surface area contributed by atoms with Crippen molar-refractivity contribution in [1.82, 2.24) is 5.32 Å². The lowest BCUT2D eigenvalue weighted by molar-refractivity contribution is -0.0966. The van der Waals surface area contributed by atoms with E-state index in [1.54, 1.807) is 0 Å². The molecule has 0 aromatic carbocycles. The number of hydrogen-bond donors (Lipinski definition) is 1. The highest BCUT2D eigenvalue weighted by atomic mass is 32.2. The van der Waals surface area contributed by atoms with E-state index < -0.39 is 0 Å². The van der Waals surface area contributed by atoms with Gasteiger partial charge in [0.2, 0.25) is 0 Å². The Labute approximate surface area is 129 Å². The second-order valence-corrected chi connectivity index (χ2v) is 8.18. The topological polar surface area (TPSA) is 21.3 Å². The summed E-state index contributed by atoms with van der Waals surface area (Å²) in [6.45, 7) is 8.97. The van der Waals surface area contributed by atoms with E-state index in [9.17, 15) is 0 Å². The predicted octanol–water partition coefficient (Wildman–Crippen LogP) is 4.24. The SMILES string of the molecule is CCNC(CSC(C)CC)C1CCOC2(CCCC2)C1. The van der Waals surface area contributed by atoms with Crippen LogP contribution in [-0.2, 0) is 4.74 Å². The summed E-state index contributed by atoms with van der Waals surface area (Å²) in [5, 5.41) is 4.55. The van der Waals surface area contributed by atoms with Gasteiger partial charge in [-0.25, -0.2) is 0 Å². The van der Waals surface area contributed by atoms with Crippen molar-refractivity contribution in [3.63, 3.8) is 0 Å². The van der Waals surface area contributed by atoms with Gasteiger partial charge in [-0.05, 0) is 44.6 Å². The molecule has 0 aromatic rings. The van der Waals surface area contributed by atoms with Crippen LogP contribution in [0.3, 0.4) is 0 Å². The molecule has 1 N–H and O–H groups in total. The Morgan fingerprint density at radius 2 is 2.05 bits per heavy atom. The quantitative estimate of drug-likeness (QED) is 0.760. The minimum absolute atomic E-state index is 0.262. The predicted molar refractivity (Wildman–Crippen MR) is 89.6 cm³/mol. The molecular weight excluding hydrogens is 266 g/mol. The maximum Gasteiger partial charge on any atom is 0.0685 e. The highest BCUT2D eigenvalue weighted by molar-refractivity contribution is 7.99. The molecule has 1 heterocycles. The van der Waals surface area contributed by atoms with E-state index in [4.69, 9.17) is 4.74 Å². The summed E-state index contributed by atoms with van der Waals surface area (Å²) in [7, 11) is 0. The first-order chi connectivity index (χ1) is 9.69. The van der Waals surface area contributed by atoms with Crippen molar-refractivity contribution in [3.8, 4) is 0 Å². The van der Waals surface area contributed by atoms with Crippen LogP contribution >= 0.6 is 11.8 Å². The van der Waals surface area contributed by atoms with E-state index >= 15 is 0 Å². The number of ether oxygens (including phenoxy) is 1. The molecule has 1 saturated heterocycles. The fraction of sp³-hybridized carbons (Fsp3) is 1.00. The fourth-order valence-corrected chi connectivity index (χ4v) is 4.95. The molecule has 2 nitrogen and oxygen atoms in total. The molecule has 2 fully saturated rings. The van der Waals surface area contributed by atoms with E-state index in [0.717, 1.165) is 24.3 Å². The van der Waals surface area contributed by atoms with E-state index in [0.29, 0.717) is 6.04 Å². The maximum absolute atomic E-state index is 6.20. The molecule has 3 unspecified atom stereocenters. The first-order valence-electron chi connectivity index (χ1n) is 8.68. The molecule has 1 spiro atoms. The number of thioether (sulfide) groups is 1. The Bertz CT molecular complexity index is 278. The number of nitrogens with one attached hydrogen (secondary N) is 1. The molecule has 20 heavy (non-hydrogen) atoms. The normalized spacial score (nSPS) is 28.6. The molecule has 0 radical (unpaired) electrons. The van der Waals surface area contributed by atoms with Crippen LogP contribution in [0, 0.1) is 5.92 Å². The zero-order chi connectivity index (χ0) is 14.4. The monoisotopic (exact) mass is 299 g/mol. The zero-order valence-corrected chi connectivity index (χ0v) is 14.4. The maximum atomic E-state index is 6.20. The van der Waals surface area contributed by atoms with Gasteiger partial charge in [-0.1, -0.05) is 33.6 Å². The summed E-state index contributed by atoms with van der Waals surface area (Å²) in [4.78, 5) is 0. The van der Waals surface area contributed by atoms with Gasteiger partial charge in [-0.2, -0.15) is 11.8 Å². The van der Waals surface area contributed by atoms with Gasteiger partial charge >= 0.3 is 0 Å². The third-order valence-electron chi connectivity index (χ3n) is 5.22. The van der Waals surface area contributed by atoms with Crippen LogP contribution in [0.15, 0.2) is 0 Å². The van der Waals surface area contributed by atoms with Crippen molar-refractivity contribution < 1.29 is 4.74 Å². The molecule has 1 aliphatic carbocycles. The van der Waals surface area contributed by atoms with Crippen molar-refractivity contribution >= 4 is 11.8 Å². The highest BCUT2D eigenvalue weighted by Gasteiger charge is 2.41. The number of hydrogen-bond acceptors (Lipinski definition) is 3. The molecule has 0 aromatic heterocycles. The van der Waals surface area contributed by atoms with Gasteiger partial charge in [-0.15, -0.1) is 0 Å².